The molecule has 1 aliphatic rings. The Bertz CT molecular complexity index is 594. The number of hydrogen-bond acceptors (Lipinski definition) is 2. The van der Waals surface area contributed by atoms with Crippen LogP contribution in [0.15, 0.2) is 42.5 Å². The molecular weight excluding hydrogens is 270 g/mol. The second-order valence-corrected chi connectivity index (χ2v) is 5.57. The smallest absolute Gasteiger partial charge is 0.122 e. The summed E-state index contributed by atoms with van der Waals surface area (Å²) in [7, 11) is 2.00. The molecule has 0 fully saturated rings. The van der Waals surface area contributed by atoms with Crippen LogP contribution in [-0.4, -0.2) is 13.7 Å². The lowest BCUT2D eigenvalue weighted by molar-refractivity contribution is 0.356. The van der Waals surface area contributed by atoms with Gasteiger partial charge in [-0.3, -0.25) is 0 Å². The summed E-state index contributed by atoms with van der Waals surface area (Å²) in [6, 6.07) is 14.9. The maximum absolute atomic E-state index is 5.93. The van der Waals surface area contributed by atoms with Gasteiger partial charge in [0.15, 0.2) is 0 Å². The van der Waals surface area contributed by atoms with Crippen LogP contribution in [0, 0.1) is 0 Å². The van der Waals surface area contributed by atoms with Gasteiger partial charge in [-0.2, -0.15) is 0 Å². The van der Waals surface area contributed by atoms with Gasteiger partial charge in [-0.25, -0.2) is 0 Å². The van der Waals surface area contributed by atoms with Crippen molar-refractivity contribution in [3.63, 3.8) is 0 Å². The van der Waals surface area contributed by atoms with Gasteiger partial charge < -0.3 is 10.1 Å². The number of likely N-dealkylation sites (N-methyl/N-ethyl adjacent to an activating group) is 1. The van der Waals surface area contributed by atoms with E-state index in [2.05, 4.69) is 35.6 Å². The van der Waals surface area contributed by atoms with Gasteiger partial charge in [-0.05, 0) is 48.4 Å². The summed E-state index contributed by atoms with van der Waals surface area (Å²) in [5.41, 5.74) is 3.91. The first-order valence-electron chi connectivity index (χ1n) is 6.93. The second-order valence-electron chi connectivity index (χ2n) is 5.14. The van der Waals surface area contributed by atoms with Crippen LogP contribution in [0.2, 0.25) is 5.02 Å². The van der Waals surface area contributed by atoms with Crippen LogP contribution in [0.5, 0.6) is 5.75 Å². The summed E-state index contributed by atoms with van der Waals surface area (Å²) >= 11 is 5.93. The van der Waals surface area contributed by atoms with E-state index >= 15 is 0 Å². The number of fused-ring (bicyclic) bond motifs is 1. The van der Waals surface area contributed by atoms with Crippen LogP contribution in [0.4, 0.5) is 0 Å². The Hall–Kier alpha value is -1.51. The van der Waals surface area contributed by atoms with Crippen LogP contribution < -0.4 is 10.1 Å². The first kappa shape index (κ1) is 13.5. The molecule has 0 aromatic heterocycles. The van der Waals surface area contributed by atoms with Gasteiger partial charge >= 0.3 is 0 Å². The van der Waals surface area contributed by atoms with Gasteiger partial charge in [0.25, 0.3) is 0 Å². The largest absolute Gasteiger partial charge is 0.493 e. The highest BCUT2D eigenvalue weighted by Gasteiger charge is 2.16. The molecule has 0 spiro atoms. The molecule has 1 heterocycles. The Labute approximate surface area is 124 Å². The Kier molecular flexibility index (Phi) is 3.95. The topological polar surface area (TPSA) is 21.3 Å². The van der Waals surface area contributed by atoms with Gasteiger partial charge in [0.05, 0.1) is 6.61 Å². The second kappa shape index (κ2) is 5.86. The molecule has 1 N–H and O–H groups in total. The number of nitrogens with one attached hydrogen (secondary N) is 1. The van der Waals surface area contributed by atoms with Crippen molar-refractivity contribution in [3.05, 3.63) is 64.2 Å². The molecule has 2 aromatic rings. The maximum Gasteiger partial charge on any atom is 0.122 e. The van der Waals surface area contributed by atoms with Crippen molar-refractivity contribution >= 4 is 11.6 Å². The van der Waals surface area contributed by atoms with Crippen LogP contribution in [0.1, 0.15) is 22.7 Å². The average molecular weight is 288 g/mol. The van der Waals surface area contributed by atoms with E-state index in [9.17, 15) is 0 Å². The van der Waals surface area contributed by atoms with Crippen molar-refractivity contribution < 1.29 is 4.74 Å². The molecule has 1 aliphatic heterocycles. The summed E-state index contributed by atoms with van der Waals surface area (Å²) in [6.45, 7) is 0.806. The van der Waals surface area contributed by atoms with E-state index in [1.54, 1.807) is 0 Å². The summed E-state index contributed by atoms with van der Waals surface area (Å²) in [5.74, 6) is 1.04. The summed E-state index contributed by atoms with van der Waals surface area (Å²) in [6.07, 6.45) is 1.97. The first-order chi connectivity index (χ1) is 9.76. The minimum atomic E-state index is 0.307. The predicted octanol–water partition coefficient (Wildman–Crippen LogP) is 3.78. The Morgan fingerprint density at radius 3 is 2.75 bits per heavy atom. The Balaban J connectivity index is 1.81. The predicted molar refractivity (Wildman–Crippen MR) is 82.6 cm³/mol. The van der Waals surface area contributed by atoms with E-state index in [1.807, 2.05) is 19.2 Å². The summed E-state index contributed by atoms with van der Waals surface area (Å²) in [4.78, 5) is 0. The van der Waals surface area contributed by atoms with E-state index < -0.39 is 0 Å². The number of rotatable bonds is 4. The molecule has 0 bridgehead atoms. The standard InChI is InChI=1S/C17H18ClNO/c1-19-16(10-12-2-5-15(18)6-3-12)13-4-7-17-14(11-13)8-9-20-17/h2-7,11,16,19H,8-10H2,1H3. The van der Waals surface area contributed by atoms with Crippen molar-refractivity contribution in [1.82, 2.24) is 5.32 Å². The highest BCUT2D eigenvalue weighted by molar-refractivity contribution is 6.30. The lowest BCUT2D eigenvalue weighted by Crippen LogP contribution is -2.18. The zero-order chi connectivity index (χ0) is 13.9. The fraction of sp³-hybridized carbons (Fsp3) is 0.294. The van der Waals surface area contributed by atoms with Crippen molar-refractivity contribution in [2.75, 3.05) is 13.7 Å². The molecule has 0 saturated heterocycles. The number of halogens is 1. The minimum absolute atomic E-state index is 0.307. The zero-order valence-electron chi connectivity index (χ0n) is 11.5. The van der Waals surface area contributed by atoms with E-state index in [-0.39, 0.29) is 0 Å². The molecule has 1 unspecified atom stereocenters. The molecule has 3 heteroatoms. The lowest BCUT2D eigenvalue weighted by Gasteiger charge is -2.17. The number of benzene rings is 2. The number of hydrogen-bond donors (Lipinski definition) is 1. The van der Waals surface area contributed by atoms with E-state index in [0.29, 0.717) is 6.04 Å². The fourth-order valence-corrected chi connectivity index (χ4v) is 2.79. The highest BCUT2D eigenvalue weighted by Crippen LogP contribution is 2.29. The molecule has 1 atom stereocenters. The molecule has 0 saturated carbocycles. The Morgan fingerprint density at radius 2 is 2.00 bits per heavy atom. The monoisotopic (exact) mass is 287 g/mol. The normalized spacial score (nSPS) is 14.7. The third kappa shape index (κ3) is 2.82. The zero-order valence-corrected chi connectivity index (χ0v) is 12.3. The lowest BCUT2D eigenvalue weighted by atomic mass is 9.97. The summed E-state index contributed by atoms with van der Waals surface area (Å²) in [5, 5.41) is 4.18. The number of ether oxygens (including phenoxy) is 1. The average Bonchev–Trinajstić information content (AvgIpc) is 2.94. The molecule has 20 heavy (non-hydrogen) atoms. The van der Waals surface area contributed by atoms with Crippen LogP contribution >= 0.6 is 11.6 Å². The molecule has 0 amide bonds. The van der Waals surface area contributed by atoms with Crippen molar-refractivity contribution in [1.29, 1.82) is 0 Å². The van der Waals surface area contributed by atoms with Crippen molar-refractivity contribution in [2.24, 2.45) is 0 Å². The molecule has 3 rings (SSSR count). The van der Waals surface area contributed by atoms with Crippen LogP contribution in [0.3, 0.4) is 0 Å². The minimum Gasteiger partial charge on any atom is -0.493 e. The van der Waals surface area contributed by atoms with Gasteiger partial charge in [-0.1, -0.05) is 35.9 Å². The van der Waals surface area contributed by atoms with Crippen LogP contribution in [0.25, 0.3) is 0 Å². The quantitative estimate of drug-likeness (QED) is 0.924. The van der Waals surface area contributed by atoms with E-state index in [1.165, 1.54) is 16.7 Å². The van der Waals surface area contributed by atoms with Crippen LogP contribution in [-0.2, 0) is 12.8 Å². The molecule has 2 aromatic carbocycles. The van der Waals surface area contributed by atoms with E-state index in [0.717, 1.165) is 30.2 Å². The fourth-order valence-electron chi connectivity index (χ4n) is 2.67. The molecule has 0 aliphatic carbocycles. The maximum atomic E-state index is 5.93. The summed E-state index contributed by atoms with van der Waals surface area (Å²) < 4.78 is 5.56. The highest BCUT2D eigenvalue weighted by atomic mass is 35.5. The molecule has 0 radical (unpaired) electrons. The first-order valence-corrected chi connectivity index (χ1v) is 7.31. The third-order valence-corrected chi connectivity index (χ3v) is 4.07. The van der Waals surface area contributed by atoms with Gasteiger partial charge in [0, 0.05) is 17.5 Å². The third-order valence-electron chi connectivity index (χ3n) is 3.82. The molecule has 2 nitrogen and oxygen atoms in total. The van der Waals surface area contributed by atoms with Gasteiger partial charge in [0.1, 0.15) is 5.75 Å². The van der Waals surface area contributed by atoms with Gasteiger partial charge in [0.2, 0.25) is 0 Å². The van der Waals surface area contributed by atoms with Crippen molar-refractivity contribution in [2.45, 2.75) is 18.9 Å². The van der Waals surface area contributed by atoms with Crippen molar-refractivity contribution in [3.8, 4) is 5.75 Å². The Morgan fingerprint density at radius 1 is 1.20 bits per heavy atom. The van der Waals surface area contributed by atoms with E-state index in [4.69, 9.17) is 16.3 Å². The molecule has 104 valence electrons. The SMILES string of the molecule is CNC(Cc1ccc(Cl)cc1)c1ccc2c(c1)CCO2. The van der Waals surface area contributed by atoms with Gasteiger partial charge in [-0.15, -0.1) is 0 Å². The molecular formula is C17H18ClNO.